The Morgan fingerprint density at radius 3 is 1.92 bits per heavy atom. The van der Waals surface area contributed by atoms with Crippen LogP contribution < -0.4 is 10.6 Å². The van der Waals surface area contributed by atoms with Crippen LogP contribution >= 0.6 is 0 Å². The maximum Gasteiger partial charge on any atom is 0.247 e. The van der Waals surface area contributed by atoms with Gasteiger partial charge >= 0.3 is 0 Å². The van der Waals surface area contributed by atoms with Crippen LogP contribution in [0.1, 0.15) is 74.7 Å². The second-order valence-electron chi connectivity index (χ2n) is 9.11. The first-order valence-electron chi connectivity index (χ1n) is 8.94. The van der Waals surface area contributed by atoms with Crippen LogP contribution in [0.15, 0.2) is 12.2 Å². The van der Waals surface area contributed by atoms with E-state index in [0.29, 0.717) is 12.0 Å². The molecule has 2 N–H and O–H groups in total. The van der Waals surface area contributed by atoms with E-state index in [1.807, 2.05) is 20.8 Å². The minimum absolute atomic E-state index is 0.0576. The van der Waals surface area contributed by atoms with Gasteiger partial charge in [-0.05, 0) is 37.7 Å². The van der Waals surface area contributed by atoms with Crippen molar-refractivity contribution in [2.45, 2.75) is 86.7 Å². The molecule has 0 aliphatic rings. The molecule has 25 heavy (non-hydrogen) atoms. The van der Waals surface area contributed by atoms with Crippen molar-refractivity contribution in [3.63, 3.8) is 0 Å². The van der Waals surface area contributed by atoms with Crippen LogP contribution in [-0.4, -0.2) is 29.7 Å². The lowest BCUT2D eigenvalue weighted by atomic mass is 9.87. The third-order valence-electron chi connectivity index (χ3n) is 3.88. The highest BCUT2D eigenvalue weighted by Gasteiger charge is 2.30. The zero-order valence-corrected chi connectivity index (χ0v) is 17.2. The average molecular weight is 353 g/mol. The highest BCUT2D eigenvalue weighted by molar-refractivity contribution is 5.95. The van der Waals surface area contributed by atoms with Crippen LogP contribution in [-0.2, 0) is 14.4 Å². The van der Waals surface area contributed by atoms with Crippen molar-refractivity contribution in [1.29, 1.82) is 0 Å². The van der Waals surface area contributed by atoms with Gasteiger partial charge in [-0.2, -0.15) is 0 Å². The van der Waals surface area contributed by atoms with Crippen LogP contribution in [0.3, 0.4) is 0 Å². The Hall–Kier alpha value is -1.65. The fourth-order valence-corrected chi connectivity index (χ4v) is 2.44. The van der Waals surface area contributed by atoms with Crippen molar-refractivity contribution < 1.29 is 14.4 Å². The third-order valence-corrected chi connectivity index (χ3v) is 3.88. The predicted molar refractivity (Wildman–Crippen MR) is 102 cm³/mol. The molecule has 0 rings (SSSR count). The number of nitrogens with one attached hydrogen (secondary N) is 2. The van der Waals surface area contributed by atoms with Crippen molar-refractivity contribution in [2.24, 2.45) is 10.8 Å². The zero-order chi connectivity index (χ0) is 20.0. The summed E-state index contributed by atoms with van der Waals surface area (Å²) < 4.78 is 0. The Morgan fingerprint density at radius 2 is 1.52 bits per heavy atom. The van der Waals surface area contributed by atoms with E-state index >= 15 is 0 Å². The lowest BCUT2D eigenvalue weighted by molar-refractivity contribution is -0.133. The van der Waals surface area contributed by atoms with Crippen molar-refractivity contribution in [2.75, 3.05) is 0 Å². The quantitative estimate of drug-likeness (QED) is 0.658. The molecule has 0 aromatic heterocycles. The van der Waals surface area contributed by atoms with Gasteiger partial charge in [0, 0.05) is 11.8 Å². The van der Waals surface area contributed by atoms with Crippen molar-refractivity contribution in [3.8, 4) is 0 Å². The normalized spacial score (nSPS) is 14.4. The van der Waals surface area contributed by atoms with Gasteiger partial charge in [-0.25, -0.2) is 0 Å². The molecular formula is C20H36N2O3. The summed E-state index contributed by atoms with van der Waals surface area (Å²) in [5, 5.41) is 5.41. The SMILES string of the molecule is C=C(C)[C@H](NC(=O)CCCC(C)(C)C)C(=O)N[C@@H](C)C(=O)C(C)(C)C. The molecule has 0 saturated carbocycles. The van der Waals surface area contributed by atoms with Crippen molar-refractivity contribution in [3.05, 3.63) is 12.2 Å². The third kappa shape index (κ3) is 9.42. The topological polar surface area (TPSA) is 75.3 Å². The Kier molecular flexibility index (Phi) is 8.56. The Morgan fingerprint density at radius 1 is 1.00 bits per heavy atom. The summed E-state index contributed by atoms with van der Waals surface area (Å²) in [7, 11) is 0. The number of amides is 2. The lowest BCUT2D eigenvalue weighted by Gasteiger charge is -2.25. The van der Waals surface area contributed by atoms with E-state index in [9.17, 15) is 14.4 Å². The summed E-state index contributed by atoms with van der Waals surface area (Å²) in [5.41, 5.74) is 0.174. The molecule has 0 radical (unpaired) electrons. The number of ketones is 1. The van der Waals surface area contributed by atoms with Gasteiger partial charge in [0.25, 0.3) is 0 Å². The fraction of sp³-hybridized carbons (Fsp3) is 0.750. The second-order valence-corrected chi connectivity index (χ2v) is 9.11. The van der Waals surface area contributed by atoms with Crippen LogP contribution in [0.25, 0.3) is 0 Å². The molecule has 2 amide bonds. The number of hydrogen-bond donors (Lipinski definition) is 2. The van der Waals surface area contributed by atoms with E-state index in [-0.39, 0.29) is 17.1 Å². The lowest BCUT2D eigenvalue weighted by Crippen LogP contribution is -2.52. The van der Waals surface area contributed by atoms with Crippen LogP contribution in [0.4, 0.5) is 0 Å². The monoisotopic (exact) mass is 352 g/mol. The number of rotatable bonds is 8. The van der Waals surface area contributed by atoms with Gasteiger partial charge in [0.1, 0.15) is 6.04 Å². The molecule has 0 unspecified atom stereocenters. The van der Waals surface area contributed by atoms with Crippen molar-refractivity contribution in [1.82, 2.24) is 10.6 Å². The van der Waals surface area contributed by atoms with E-state index in [2.05, 4.69) is 38.0 Å². The van der Waals surface area contributed by atoms with Gasteiger partial charge in [-0.15, -0.1) is 0 Å². The largest absolute Gasteiger partial charge is 0.344 e. The number of Topliss-reactive ketones (excluding diaryl/α,β-unsaturated/α-hetero) is 1. The molecule has 0 fully saturated rings. The molecule has 0 saturated heterocycles. The maximum atomic E-state index is 12.5. The zero-order valence-electron chi connectivity index (χ0n) is 17.2. The standard InChI is InChI=1S/C20H36N2O3/c1-13(2)16(22-15(23)11-10-12-19(4,5)6)18(25)21-14(3)17(24)20(7,8)9/h14,16H,1,10-12H2,2-9H3,(H,21,25)(H,22,23)/t14-,16-/m0/s1. The molecule has 144 valence electrons. The Bertz CT molecular complexity index is 510. The summed E-state index contributed by atoms with van der Waals surface area (Å²) in [6.07, 6.45) is 2.06. The molecule has 0 aromatic rings. The fourth-order valence-electron chi connectivity index (χ4n) is 2.44. The molecule has 5 heteroatoms. The molecule has 0 bridgehead atoms. The van der Waals surface area contributed by atoms with Crippen LogP contribution in [0.2, 0.25) is 0 Å². The summed E-state index contributed by atoms with van der Waals surface area (Å²) in [6, 6.07) is -1.44. The molecule has 0 heterocycles. The highest BCUT2D eigenvalue weighted by Crippen LogP contribution is 2.21. The molecule has 2 atom stereocenters. The first kappa shape index (κ1) is 23.4. The summed E-state index contributed by atoms with van der Waals surface area (Å²) in [5.74, 6) is -0.637. The van der Waals surface area contributed by atoms with E-state index in [1.165, 1.54) is 0 Å². The summed E-state index contributed by atoms with van der Waals surface area (Å²) >= 11 is 0. The predicted octanol–water partition coefficient (Wildman–Crippen LogP) is 3.38. The van der Waals surface area contributed by atoms with Gasteiger partial charge in [0.15, 0.2) is 5.78 Å². The number of carbonyl (C=O) groups excluding carboxylic acids is 3. The van der Waals surface area contributed by atoms with Crippen molar-refractivity contribution >= 4 is 17.6 Å². The smallest absolute Gasteiger partial charge is 0.247 e. The first-order chi connectivity index (χ1) is 11.1. The minimum atomic E-state index is -0.822. The molecule has 0 aromatic carbocycles. The van der Waals surface area contributed by atoms with Gasteiger partial charge in [-0.3, -0.25) is 14.4 Å². The van der Waals surface area contributed by atoms with Gasteiger partial charge < -0.3 is 10.6 Å². The molecular weight excluding hydrogens is 316 g/mol. The van der Waals surface area contributed by atoms with E-state index in [4.69, 9.17) is 0 Å². The van der Waals surface area contributed by atoms with Crippen LogP contribution in [0, 0.1) is 10.8 Å². The van der Waals surface area contributed by atoms with E-state index < -0.39 is 23.4 Å². The second kappa shape index (κ2) is 9.16. The highest BCUT2D eigenvalue weighted by atomic mass is 16.2. The minimum Gasteiger partial charge on any atom is -0.344 e. The molecule has 0 spiro atoms. The Labute approximate surface area is 153 Å². The van der Waals surface area contributed by atoms with E-state index in [0.717, 1.165) is 12.8 Å². The summed E-state index contributed by atoms with van der Waals surface area (Å²) in [6.45, 7) is 19.0. The number of carbonyl (C=O) groups is 3. The average Bonchev–Trinajstić information content (AvgIpc) is 2.40. The first-order valence-corrected chi connectivity index (χ1v) is 8.94. The molecule has 0 aliphatic heterocycles. The molecule has 5 nitrogen and oxygen atoms in total. The van der Waals surface area contributed by atoms with Gasteiger partial charge in [0.2, 0.25) is 11.8 Å². The van der Waals surface area contributed by atoms with Crippen LogP contribution in [0.5, 0.6) is 0 Å². The summed E-state index contributed by atoms with van der Waals surface area (Å²) in [4.78, 5) is 36.8. The van der Waals surface area contributed by atoms with Gasteiger partial charge in [-0.1, -0.05) is 48.1 Å². The van der Waals surface area contributed by atoms with E-state index in [1.54, 1.807) is 13.8 Å². The Balaban J connectivity index is 4.73. The molecule has 0 aliphatic carbocycles. The van der Waals surface area contributed by atoms with Gasteiger partial charge in [0.05, 0.1) is 6.04 Å². The number of hydrogen-bond acceptors (Lipinski definition) is 3. The maximum absolute atomic E-state index is 12.5.